The molecule has 3 rings (SSSR count). The molecule has 0 saturated carbocycles. The molecular weight excluding hydrogens is 429 g/mol. The minimum absolute atomic E-state index is 0.0704. The molecule has 1 aliphatic heterocycles. The lowest BCUT2D eigenvalue weighted by molar-refractivity contribution is 0.0822. The van der Waals surface area contributed by atoms with Crippen molar-refractivity contribution in [3.8, 4) is 17.2 Å². The number of nitrogens with two attached hydrogens (primary N) is 1. The van der Waals surface area contributed by atoms with E-state index < -0.39 is 23.2 Å². The molecule has 2 aromatic rings. The minimum atomic E-state index is -0.715. The van der Waals surface area contributed by atoms with Gasteiger partial charge in [-0.15, -0.1) is 0 Å². The molecule has 33 heavy (non-hydrogen) atoms. The molecule has 9 nitrogen and oxygen atoms in total. The highest BCUT2D eigenvalue weighted by Crippen LogP contribution is 2.43. The monoisotopic (exact) mass is 455 g/mol. The molecule has 3 N–H and O–H groups in total. The maximum absolute atomic E-state index is 14.6. The Kier molecular flexibility index (Phi) is 6.66. The summed E-state index contributed by atoms with van der Waals surface area (Å²) in [6.07, 6.45) is 1.73. The van der Waals surface area contributed by atoms with Crippen molar-refractivity contribution >= 4 is 23.9 Å². The maximum atomic E-state index is 14.6. The van der Waals surface area contributed by atoms with Crippen LogP contribution in [0.15, 0.2) is 40.4 Å². The zero-order chi connectivity index (χ0) is 24.3. The Hall–Kier alpha value is -3.95. The average Bonchev–Trinajstić information content (AvgIpc) is 3.06. The van der Waals surface area contributed by atoms with Gasteiger partial charge in [0.05, 0.1) is 11.8 Å². The second kappa shape index (κ2) is 9.27. The van der Waals surface area contributed by atoms with Crippen LogP contribution in [0.3, 0.4) is 0 Å². The van der Waals surface area contributed by atoms with Crippen LogP contribution < -0.4 is 20.6 Å². The highest BCUT2D eigenvalue weighted by molar-refractivity contribution is 6.31. The highest BCUT2D eigenvalue weighted by atomic mass is 19.1. The predicted octanol–water partition coefficient (Wildman–Crippen LogP) is 2.74. The average molecular weight is 455 g/mol. The van der Waals surface area contributed by atoms with E-state index in [0.29, 0.717) is 17.9 Å². The lowest BCUT2D eigenvalue weighted by Gasteiger charge is -2.16. The highest BCUT2D eigenvalue weighted by Gasteiger charge is 2.34. The second-order valence-corrected chi connectivity index (χ2v) is 8.26. The molecule has 1 aliphatic rings. The van der Waals surface area contributed by atoms with E-state index in [1.807, 2.05) is 13.8 Å². The Bertz CT molecular complexity index is 1160. The second-order valence-electron chi connectivity index (χ2n) is 8.26. The van der Waals surface area contributed by atoms with Gasteiger partial charge in [-0.05, 0) is 38.1 Å². The van der Waals surface area contributed by atoms with Crippen LogP contribution in [0.4, 0.5) is 4.39 Å². The molecule has 0 aromatic heterocycles. The molecule has 10 heteroatoms. The lowest BCUT2D eigenvalue weighted by Crippen LogP contribution is -2.24. The van der Waals surface area contributed by atoms with Crippen molar-refractivity contribution in [1.82, 2.24) is 10.3 Å². The molecule has 0 bridgehead atoms. The standard InChI is InChI=1S/C23H26FN5O4/c1-23(2)11-16-18(32-14-6-7-15(17(24)10-14)22(31)29(4)5)8-13(9-19(16)33-23)21(30)28-20(25)12-27-26-3/h6-10,12,26H,11H2,1-5H3,(H2,25,28,30)/b27-12-. The summed E-state index contributed by atoms with van der Waals surface area (Å²) in [6, 6.07) is 7.06. The van der Waals surface area contributed by atoms with Gasteiger partial charge in [-0.1, -0.05) is 0 Å². The van der Waals surface area contributed by atoms with Crippen molar-refractivity contribution in [2.24, 2.45) is 15.8 Å². The van der Waals surface area contributed by atoms with Crippen molar-refractivity contribution in [2.75, 3.05) is 21.1 Å². The quantitative estimate of drug-likeness (QED) is 0.393. The summed E-state index contributed by atoms with van der Waals surface area (Å²) in [7, 11) is 4.67. The van der Waals surface area contributed by atoms with Gasteiger partial charge in [0.1, 0.15) is 34.5 Å². The van der Waals surface area contributed by atoms with Crippen molar-refractivity contribution in [1.29, 1.82) is 0 Å². The first kappa shape index (κ1) is 23.7. The van der Waals surface area contributed by atoms with E-state index in [-0.39, 0.29) is 22.7 Å². The molecule has 2 amide bonds. The van der Waals surface area contributed by atoms with Crippen LogP contribution in [0.2, 0.25) is 0 Å². The smallest absolute Gasteiger partial charge is 0.279 e. The van der Waals surface area contributed by atoms with Crippen molar-refractivity contribution in [3.63, 3.8) is 0 Å². The predicted molar refractivity (Wildman–Crippen MR) is 123 cm³/mol. The van der Waals surface area contributed by atoms with E-state index in [4.69, 9.17) is 15.2 Å². The first-order valence-electron chi connectivity index (χ1n) is 10.1. The summed E-state index contributed by atoms with van der Waals surface area (Å²) in [5.74, 6) is -0.907. The summed E-state index contributed by atoms with van der Waals surface area (Å²) < 4.78 is 26.5. The van der Waals surface area contributed by atoms with Gasteiger partial charge in [-0.3, -0.25) is 9.59 Å². The van der Waals surface area contributed by atoms with Crippen LogP contribution in [-0.4, -0.2) is 55.5 Å². The minimum Gasteiger partial charge on any atom is -0.487 e. The Morgan fingerprint density at radius 2 is 2.00 bits per heavy atom. The summed E-state index contributed by atoms with van der Waals surface area (Å²) >= 11 is 0. The van der Waals surface area contributed by atoms with Gasteiger partial charge < -0.3 is 25.5 Å². The van der Waals surface area contributed by atoms with Gasteiger partial charge in [0, 0.05) is 44.8 Å². The van der Waals surface area contributed by atoms with E-state index in [1.54, 1.807) is 27.2 Å². The Labute approximate surface area is 191 Å². The first-order chi connectivity index (χ1) is 15.5. The number of benzene rings is 2. The largest absolute Gasteiger partial charge is 0.487 e. The van der Waals surface area contributed by atoms with Gasteiger partial charge in [0.15, 0.2) is 0 Å². The number of rotatable bonds is 6. The Morgan fingerprint density at radius 1 is 1.27 bits per heavy atom. The molecule has 0 fully saturated rings. The number of fused-ring (bicyclic) bond motifs is 1. The normalized spacial score (nSPS) is 14.5. The summed E-state index contributed by atoms with van der Waals surface area (Å²) in [5, 5.41) is 3.71. The number of nitrogens with one attached hydrogen (secondary N) is 1. The topological polar surface area (TPSA) is 119 Å². The summed E-state index contributed by atoms with van der Waals surface area (Å²) in [6.45, 7) is 3.81. The Balaban J connectivity index is 1.98. The van der Waals surface area contributed by atoms with Crippen molar-refractivity contribution in [2.45, 2.75) is 25.9 Å². The van der Waals surface area contributed by atoms with Crippen LogP contribution in [-0.2, 0) is 6.42 Å². The zero-order valence-electron chi connectivity index (χ0n) is 19.1. The lowest BCUT2D eigenvalue weighted by atomic mass is 9.99. The number of hydrogen-bond donors (Lipinski definition) is 2. The van der Waals surface area contributed by atoms with E-state index >= 15 is 0 Å². The van der Waals surface area contributed by atoms with Gasteiger partial charge in [0.2, 0.25) is 0 Å². The first-order valence-corrected chi connectivity index (χ1v) is 10.1. The Morgan fingerprint density at radius 3 is 2.64 bits per heavy atom. The van der Waals surface area contributed by atoms with Gasteiger partial charge in [0.25, 0.3) is 11.8 Å². The number of halogens is 1. The third kappa shape index (κ3) is 5.46. The summed E-state index contributed by atoms with van der Waals surface area (Å²) in [5.41, 5.74) is 8.54. The number of amidine groups is 1. The van der Waals surface area contributed by atoms with Crippen LogP contribution >= 0.6 is 0 Å². The molecule has 2 aromatic carbocycles. The third-order valence-corrected chi connectivity index (χ3v) is 4.77. The number of amides is 2. The number of carbonyl (C=O) groups is 2. The summed E-state index contributed by atoms with van der Waals surface area (Å²) in [4.78, 5) is 29.8. The van der Waals surface area contributed by atoms with E-state index in [9.17, 15) is 14.0 Å². The molecule has 0 atom stereocenters. The molecule has 0 saturated heterocycles. The van der Waals surface area contributed by atoms with Crippen molar-refractivity contribution in [3.05, 3.63) is 52.8 Å². The van der Waals surface area contributed by atoms with Gasteiger partial charge >= 0.3 is 0 Å². The zero-order valence-corrected chi connectivity index (χ0v) is 19.1. The van der Waals surface area contributed by atoms with Gasteiger partial charge in [-0.2, -0.15) is 10.1 Å². The van der Waals surface area contributed by atoms with Crippen LogP contribution in [0, 0.1) is 5.82 Å². The number of nitrogens with zero attached hydrogens (tertiary/aromatic N) is 3. The number of hydrazone groups is 1. The van der Waals surface area contributed by atoms with E-state index in [2.05, 4.69) is 15.5 Å². The van der Waals surface area contributed by atoms with E-state index in [0.717, 1.165) is 11.6 Å². The maximum Gasteiger partial charge on any atom is 0.279 e. The number of hydrogen-bond acceptors (Lipinski definition) is 6. The van der Waals surface area contributed by atoms with Crippen LogP contribution in [0.1, 0.15) is 40.1 Å². The fourth-order valence-corrected chi connectivity index (χ4v) is 3.30. The fraction of sp³-hybridized carbons (Fsp3) is 0.304. The number of carbonyl (C=O) groups excluding carboxylic acids is 2. The molecule has 0 radical (unpaired) electrons. The van der Waals surface area contributed by atoms with Crippen molar-refractivity contribution < 1.29 is 23.5 Å². The van der Waals surface area contributed by atoms with Gasteiger partial charge in [-0.25, -0.2) is 4.39 Å². The third-order valence-electron chi connectivity index (χ3n) is 4.77. The van der Waals surface area contributed by atoms with E-state index in [1.165, 1.54) is 29.3 Å². The van der Waals surface area contributed by atoms with Crippen LogP contribution in [0.25, 0.3) is 0 Å². The SMILES string of the molecule is CN/N=C\C(N)=NC(=O)c1cc(Oc2ccc(C(=O)N(C)C)c(F)c2)c2c(c1)OC(C)(C)C2. The molecule has 174 valence electrons. The number of ether oxygens (including phenoxy) is 2. The fourth-order valence-electron chi connectivity index (χ4n) is 3.30. The molecule has 0 spiro atoms. The molecule has 0 unspecified atom stereocenters. The molecular formula is C23H26FN5O4. The molecule has 0 aliphatic carbocycles. The molecule has 1 heterocycles. The number of aliphatic imine (C=N–C) groups is 1. The van der Waals surface area contributed by atoms with Crippen LogP contribution in [0.5, 0.6) is 17.2 Å².